The Bertz CT molecular complexity index is 1310. The number of carbonyl (C=O) groups excluding carboxylic acids is 1. The van der Waals surface area contributed by atoms with Gasteiger partial charge in [0, 0.05) is 5.69 Å². The van der Waals surface area contributed by atoms with E-state index in [4.69, 9.17) is 0 Å². The number of carbonyl (C=O) groups is 1. The summed E-state index contributed by atoms with van der Waals surface area (Å²) < 4.78 is 41.3. The molecule has 0 aliphatic carbocycles. The first kappa shape index (κ1) is 22.9. The van der Waals surface area contributed by atoms with Crippen LogP contribution in [0.2, 0.25) is 0 Å². The maximum absolute atomic E-state index is 13.1. The molecule has 0 aliphatic rings. The van der Waals surface area contributed by atoms with Crippen molar-refractivity contribution in [2.75, 3.05) is 11.1 Å². The summed E-state index contributed by atoms with van der Waals surface area (Å²) in [5.41, 5.74) is 4.30. The van der Waals surface area contributed by atoms with E-state index in [0.29, 0.717) is 10.7 Å². The summed E-state index contributed by atoms with van der Waals surface area (Å²) in [4.78, 5) is 17.1. The van der Waals surface area contributed by atoms with Gasteiger partial charge in [-0.1, -0.05) is 42.1 Å². The van der Waals surface area contributed by atoms with Crippen molar-refractivity contribution in [1.82, 2.24) is 9.55 Å². The van der Waals surface area contributed by atoms with Crippen LogP contribution in [0.25, 0.3) is 11.0 Å². The average molecular weight is 470 g/mol. The number of halogens is 3. The zero-order valence-electron chi connectivity index (χ0n) is 18.1. The van der Waals surface area contributed by atoms with E-state index in [1.165, 1.54) is 17.8 Å². The lowest BCUT2D eigenvalue weighted by Gasteiger charge is -2.12. The second-order valence-electron chi connectivity index (χ2n) is 7.80. The highest BCUT2D eigenvalue weighted by atomic mass is 32.2. The second kappa shape index (κ2) is 9.31. The molecule has 0 spiro atoms. The molecule has 3 aromatic carbocycles. The third kappa shape index (κ3) is 5.39. The summed E-state index contributed by atoms with van der Waals surface area (Å²) in [5, 5.41) is 3.46. The molecule has 33 heavy (non-hydrogen) atoms. The number of nitrogens with one attached hydrogen (secondary N) is 1. The van der Waals surface area contributed by atoms with Gasteiger partial charge in [-0.2, -0.15) is 13.2 Å². The molecule has 4 rings (SSSR count). The standard InChI is InChI=1S/C25H22F3N3OS/c1-16-10-11-20(12-17(16)2)29-23(32)15-33-24-30-21-8-3-4-9-22(21)31(24)14-18-6-5-7-19(13-18)25(26,27)28/h3-13H,14-15H2,1-2H3,(H,29,32). The highest BCUT2D eigenvalue weighted by Crippen LogP contribution is 2.31. The molecule has 0 saturated heterocycles. The van der Waals surface area contributed by atoms with Gasteiger partial charge in [-0.05, 0) is 66.9 Å². The van der Waals surface area contributed by atoms with E-state index in [2.05, 4.69) is 10.3 Å². The van der Waals surface area contributed by atoms with Crippen LogP contribution in [0.15, 0.2) is 71.9 Å². The molecule has 0 unspecified atom stereocenters. The van der Waals surface area contributed by atoms with Crippen LogP contribution in [0, 0.1) is 13.8 Å². The normalized spacial score (nSPS) is 11.7. The molecule has 1 amide bonds. The van der Waals surface area contributed by atoms with Gasteiger partial charge in [0.15, 0.2) is 5.16 Å². The Morgan fingerprint density at radius 3 is 2.55 bits per heavy atom. The predicted octanol–water partition coefficient (Wildman–Crippen LogP) is 6.45. The van der Waals surface area contributed by atoms with Crippen LogP contribution >= 0.6 is 11.8 Å². The molecule has 1 N–H and O–H groups in total. The van der Waals surface area contributed by atoms with Crippen LogP contribution in [0.1, 0.15) is 22.3 Å². The smallest absolute Gasteiger partial charge is 0.325 e. The van der Waals surface area contributed by atoms with E-state index in [0.717, 1.165) is 40.0 Å². The number of hydrogen-bond donors (Lipinski definition) is 1. The fourth-order valence-corrected chi connectivity index (χ4v) is 4.31. The molecule has 0 aliphatic heterocycles. The number of alkyl halides is 3. The van der Waals surface area contributed by atoms with Gasteiger partial charge in [0.2, 0.25) is 5.91 Å². The van der Waals surface area contributed by atoms with Crippen molar-refractivity contribution in [3.05, 3.63) is 89.0 Å². The van der Waals surface area contributed by atoms with Gasteiger partial charge in [0.05, 0.1) is 28.9 Å². The summed E-state index contributed by atoms with van der Waals surface area (Å²) in [6, 6.07) is 18.4. The van der Waals surface area contributed by atoms with E-state index in [1.807, 2.05) is 60.9 Å². The molecule has 8 heteroatoms. The molecular weight excluding hydrogens is 447 g/mol. The Hall–Kier alpha value is -3.26. The van der Waals surface area contributed by atoms with Gasteiger partial charge < -0.3 is 9.88 Å². The number of para-hydroxylation sites is 2. The fraction of sp³-hybridized carbons (Fsp3) is 0.200. The predicted molar refractivity (Wildman–Crippen MR) is 126 cm³/mol. The van der Waals surface area contributed by atoms with E-state index in [9.17, 15) is 18.0 Å². The number of aryl methyl sites for hydroxylation is 2. The number of anilines is 1. The maximum Gasteiger partial charge on any atom is 0.416 e. The van der Waals surface area contributed by atoms with Crippen molar-refractivity contribution in [2.45, 2.75) is 31.7 Å². The Balaban J connectivity index is 1.55. The number of amides is 1. The van der Waals surface area contributed by atoms with Crippen LogP contribution in [0.4, 0.5) is 18.9 Å². The van der Waals surface area contributed by atoms with Gasteiger partial charge in [-0.25, -0.2) is 4.98 Å². The van der Waals surface area contributed by atoms with Crippen molar-refractivity contribution in [3.63, 3.8) is 0 Å². The first-order valence-corrected chi connectivity index (χ1v) is 11.3. The van der Waals surface area contributed by atoms with Crippen molar-refractivity contribution in [2.24, 2.45) is 0 Å². The number of thioether (sulfide) groups is 1. The molecule has 0 atom stereocenters. The number of fused-ring (bicyclic) bond motifs is 1. The van der Waals surface area contributed by atoms with Crippen LogP contribution in [-0.2, 0) is 17.5 Å². The first-order valence-electron chi connectivity index (χ1n) is 10.3. The minimum Gasteiger partial charge on any atom is -0.325 e. The Kier molecular flexibility index (Phi) is 6.47. The average Bonchev–Trinajstić information content (AvgIpc) is 3.12. The number of nitrogens with zero attached hydrogens (tertiary/aromatic N) is 2. The molecular formula is C25H22F3N3OS. The number of imidazole rings is 1. The largest absolute Gasteiger partial charge is 0.416 e. The minimum atomic E-state index is -4.41. The third-order valence-electron chi connectivity index (χ3n) is 5.34. The van der Waals surface area contributed by atoms with E-state index in [-0.39, 0.29) is 18.2 Å². The molecule has 0 saturated carbocycles. The lowest BCUT2D eigenvalue weighted by Crippen LogP contribution is -2.15. The molecule has 4 aromatic rings. The van der Waals surface area contributed by atoms with Crippen molar-refractivity contribution < 1.29 is 18.0 Å². The Labute approximate surface area is 193 Å². The summed E-state index contributed by atoms with van der Waals surface area (Å²) in [7, 11) is 0. The number of rotatable bonds is 6. The summed E-state index contributed by atoms with van der Waals surface area (Å²) in [6.07, 6.45) is -4.41. The molecule has 0 bridgehead atoms. The van der Waals surface area contributed by atoms with E-state index < -0.39 is 11.7 Å². The van der Waals surface area contributed by atoms with Crippen LogP contribution in [0.3, 0.4) is 0 Å². The topological polar surface area (TPSA) is 46.9 Å². The molecule has 0 fully saturated rings. The van der Waals surface area contributed by atoms with Gasteiger partial charge in [0.1, 0.15) is 0 Å². The SMILES string of the molecule is Cc1ccc(NC(=O)CSc2nc3ccccc3n2Cc2cccc(C(F)(F)F)c2)cc1C. The number of hydrogen-bond acceptors (Lipinski definition) is 3. The highest BCUT2D eigenvalue weighted by molar-refractivity contribution is 7.99. The van der Waals surface area contributed by atoms with Gasteiger partial charge in [0.25, 0.3) is 0 Å². The zero-order valence-corrected chi connectivity index (χ0v) is 18.9. The first-order chi connectivity index (χ1) is 15.7. The monoisotopic (exact) mass is 469 g/mol. The third-order valence-corrected chi connectivity index (χ3v) is 6.31. The van der Waals surface area contributed by atoms with Crippen LogP contribution < -0.4 is 5.32 Å². The lowest BCUT2D eigenvalue weighted by molar-refractivity contribution is -0.137. The molecule has 1 heterocycles. The van der Waals surface area contributed by atoms with E-state index >= 15 is 0 Å². The van der Waals surface area contributed by atoms with Crippen molar-refractivity contribution in [3.8, 4) is 0 Å². The summed E-state index contributed by atoms with van der Waals surface area (Å²) >= 11 is 1.25. The molecule has 4 nitrogen and oxygen atoms in total. The summed E-state index contributed by atoms with van der Waals surface area (Å²) in [6.45, 7) is 4.20. The Morgan fingerprint density at radius 2 is 1.79 bits per heavy atom. The quantitative estimate of drug-likeness (QED) is 0.330. The second-order valence-corrected chi connectivity index (χ2v) is 8.75. The van der Waals surface area contributed by atoms with Gasteiger partial charge >= 0.3 is 6.18 Å². The minimum absolute atomic E-state index is 0.124. The van der Waals surface area contributed by atoms with Gasteiger partial charge in [-0.3, -0.25) is 4.79 Å². The fourth-order valence-electron chi connectivity index (χ4n) is 3.49. The van der Waals surface area contributed by atoms with Crippen molar-refractivity contribution in [1.29, 1.82) is 0 Å². The lowest BCUT2D eigenvalue weighted by atomic mass is 10.1. The van der Waals surface area contributed by atoms with Gasteiger partial charge in [-0.15, -0.1) is 0 Å². The number of aromatic nitrogens is 2. The Morgan fingerprint density at radius 1 is 1.00 bits per heavy atom. The maximum atomic E-state index is 13.1. The van der Waals surface area contributed by atoms with E-state index in [1.54, 1.807) is 6.07 Å². The molecule has 170 valence electrons. The molecule has 0 radical (unpaired) electrons. The molecule has 1 aromatic heterocycles. The number of benzene rings is 3. The van der Waals surface area contributed by atoms with Crippen LogP contribution in [0.5, 0.6) is 0 Å². The zero-order chi connectivity index (χ0) is 23.6. The van der Waals surface area contributed by atoms with Crippen LogP contribution in [-0.4, -0.2) is 21.2 Å². The van der Waals surface area contributed by atoms with Crippen molar-refractivity contribution >= 4 is 34.4 Å². The summed E-state index contributed by atoms with van der Waals surface area (Å²) in [5.74, 6) is -0.0559. The highest BCUT2D eigenvalue weighted by Gasteiger charge is 2.30.